The van der Waals surface area contributed by atoms with Gasteiger partial charge in [0.2, 0.25) is 0 Å². The summed E-state index contributed by atoms with van der Waals surface area (Å²) in [6.45, 7) is 4.46. The van der Waals surface area contributed by atoms with Gasteiger partial charge in [-0.25, -0.2) is 9.59 Å². The molecule has 2 aromatic heterocycles. The Morgan fingerprint density at radius 2 is 1.59 bits per heavy atom. The van der Waals surface area contributed by atoms with E-state index in [1.165, 1.54) is 52.7 Å². The fourth-order valence-corrected chi connectivity index (χ4v) is 4.98. The highest BCUT2D eigenvalue weighted by Crippen LogP contribution is 2.48. The SMILES string of the molecule is CC1(C)c2ccccc2-c2ccc(C#Cc3ccnc(C/C=C(\C=C(/N)c4cc(C(=O)O)ccn4)C(=O)O)c3)cc21. The maximum absolute atomic E-state index is 11.9. The first-order valence-corrected chi connectivity index (χ1v) is 12.9. The molecule has 1 aliphatic rings. The lowest BCUT2D eigenvalue weighted by atomic mass is 9.82. The quantitative estimate of drug-likeness (QED) is 0.169. The van der Waals surface area contributed by atoms with E-state index in [0.717, 1.165) is 11.1 Å². The first-order chi connectivity index (χ1) is 19.6. The van der Waals surface area contributed by atoms with E-state index in [2.05, 4.69) is 72.1 Å². The van der Waals surface area contributed by atoms with Crippen molar-refractivity contribution in [2.45, 2.75) is 25.7 Å². The summed E-state index contributed by atoms with van der Waals surface area (Å²) in [4.78, 5) is 31.5. The second kappa shape index (κ2) is 10.9. The summed E-state index contributed by atoms with van der Waals surface area (Å²) in [5.74, 6) is 4.15. The fourth-order valence-electron chi connectivity index (χ4n) is 4.98. The minimum Gasteiger partial charge on any atom is -0.478 e. The smallest absolute Gasteiger partial charge is 0.335 e. The number of aliphatic carboxylic acids is 1. The van der Waals surface area contributed by atoms with Crippen molar-refractivity contribution in [1.29, 1.82) is 0 Å². The van der Waals surface area contributed by atoms with Crippen molar-refractivity contribution in [3.05, 3.63) is 136 Å². The van der Waals surface area contributed by atoms with Gasteiger partial charge in [-0.1, -0.05) is 62.1 Å². The number of hydrogen-bond acceptors (Lipinski definition) is 5. The number of carboxylic acids is 2. The zero-order valence-corrected chi connectivity index (χ0v) is 22.6. The molecule has 7 nitrogen and oxygen atoms in total. The van der Waals surface area contributed by atoms with Gasteiger partial charge in [-0.05, 0) is 64.7 Å². The van der Waals surface area contributed by atoms with Crippen molar-refractivity contribution in [2.24, 2.45) is 5.73 Å². The summed E-state index contributed by atoms with van der Waals surface area (Å²) >= 11 is 0. The Kier molecular flexibility index (Phi) is 7.24. The molecular formula is C34H27N3O4. The molecule has 0 radical (unpaired) electrons. The van der Waals surface area contributed by atoms with Crippen LogP contribution in [0.4, 0.5) is 0 Å². The topological polar surface area (TPSA) is 126 Å². The van der Waals surface area contributed by atoms with Gasteiger partial charge in [0.25, 0.3) is 0 Å². The summed E-state index contributed by atoms with van der Waals surface area (Å²) in [6, 6.07) is 21.1. The molecule has 0 saturated heterocycles. The highest BCUT2D eigenvalue weighted by Gasteiger charge is 2.34. The van der Waals surface area contributed by atoms with Crippen LogP contribution in [0.5, 0.6) is 0 Å². The van der Waals surface area contributed by atoms with Crippen LogP contribution in [0.2, 0.25) is 0 Å². The van der Waals surface area contributed by atoms with Crippen LogP contribution in [0.1, 0.15) is 57.8 Å². The maximum Gasteiger partial charge on any atom is 0.335 e. The number of aromatic carboxylic acids is 1. The molecule has 41 heavy (non-hydrogen) atoms. The third-order valence-electron chi connectivity index (χ3n) is 7.14. The number of carbonyl (C=O) groups is 2. The third kappa shape index (κ3) is 5.63. The molecule has 2 heterocycles. The molecule has 4 aromatic rings. The Hall–Kier alpha value is -5.48. The van der Waals surface area contributed by atoms with Crippen molar-refractivity contribution >= 4 is 17.6 Å². The van der Waals surface area contributed by atoms with Crippen molar-refractivity contribution in [2.75, 3.05) is 0 Å². The van der Waals surface area contributed by atoms with Gasteiger partial charge in [-0.15, -0.1) is 0 Å². The Labute approximate surface area is 237 Å². The first kappa shape index (κ1) is 27.1. The Morgan fingerprint density at radius 1 is 0.878 bits per heavy atom. The molecule has 0 saturated carbocycles. The number of benzene rings is 2. The zero-order chi connectivity index (χ0) is 29.1. The van der Waals surface area contributed by atoms with Gasteiger partial charge in [-0.3, -0.25) is 9.97 Å². The molecule has 0 spiro atoms. The lowest BCUT2D eigenvalue weighted by Gasteiger charge is -2.21. The fraction of sp³-hybridized carbons (Fsp3) is 0.118. The van der Waals surface area contributed by atoms with Crippen LogP contribution in [0.25, 0.3) is 16.8 Å². The molecule has 2 aromatic carbocycles. The van der Waals surface area contributed by atoms with Gasteiger partial charge in [-0.2, -0.15) is 0 Å². The summed E-state index contributed by atoms with van der Waals surface area (Å²) in [5, 5.41) is 18.9. The highest BCUT2D eigenvalue weighted by molar-refractivity contribution is 5.93. The molecule has 5 rings (SSSR count). The summed E-state index contributed by atoms with van der Waals surface area (Å²) in [6.07, 6.45) is 5.93. The number of rotatable bonds is 6. The van der Waals surface area contributed by atoms with Crippen LogP contribution >= 0.6 is 0 Å². The van der Waals surface area contributed by atoms with Crippen LogP contribution in [0.3, 0.4) is 0 Å². The van der Waals surface area contributed by atoms with Gasteiger partial charge in [0.05, 0.1) is 22.5 Å². The van der Waals surface area contributed by atoms with Gasteiger partial charge < -0.3 is 15.9 Å². The number of allylic oxidation sites excluding steroid dienone is 1. The van der Waals surface area contributed by atoms with Crippen LogP contribution < -0.4 is 5.73 Å². The van der Waals surface area contributed by atoms with E-state index in [-0.39, 0.29) is 34.4 Å². The first-order valence-electron chi connectivity index (χ1n) is 12.9. The van der Waals surface area contributed by atoms with Gasteiger partial charge in [0.1, 0.15) is 0 Å². The molecule has 0 unspecified atom stereocenters. The number of nitrogens with two attached hydrogens (primary N) is 1. The van der Waals surface area contributed by atoms with E-state index < -0.39 is 11.9 Å². The molecule has 1 aliphatic carbocycles. The van der Waals surface area contributed by atoms with E-state index in [1.807, 2.05) is 18.2 Å². The molecule has 0 bridgehead atoms. The molecule has 0 aliphatic heterocycles. The Morgan fingerprint density at radius 3 is 2.34 bits per heavy atom. The molecular weight excluding hydrogens is 514 g/mol. The largest absolute Gasteiger partial charge is 0.478 e. The number of hydrogen-bond donors (Lipinski definition) is 3. The van der Waals surface area contributed by atoms with E-state index >= 15 is 0 Å². The maximum atomic E-state index is 11.9. The second-order valence-electron chi connectivity index (χ2n) is 10.2. The number of carboxylic acid groups (broad SMARTS) is 2. The summed E-state index contributed by atoms with van der Waals surface area (Å²) in [7, 11) is 0. The number of nitrogens with zero attached hydrogens (tertiary/aromatic N) is 2. The predicted octanol–water partition coefficient (Wildman–Crippen LogP) is 5.43. The second-order valence-corrected chi connectivity index (χ2v) is 10.2. The van der Waals surface area contributed by atoms with E-state index in [9.17, 15) is 19.8 Å². The lowest BCUT2D eigenvalue weighted by molar-refractivity contribution is -0.132. The van der Waals surface area contributed by atoms with Crippen LogP contribution in [0, 0.1) is 11.8 Å². The summed E-state index contributed by atoms with van der Waals surface area (Å²) < 4.78 is 0. The predicted molar refractivity (Wildman–Crippen MR) is 157 cm³/mol. The number of aromatic nitrogens is 2. The molecule has 7 heteroatoms. The van der Waals surface area contributed by atoms with E-state index in [1.54, 1.807) is 6.20 Å². The minimum absolute atomic E-state index is 0.00280. The summed E-state index contributed by atoms with van der Waals surface area (Å²) in [5.41, 5.74) is 13.5. The standard InChI is InChI=1S/C34H27N3O4/c1-34(2)28-6-4-3-5-26(28)27-12-9-21(18-29(27)34)7-8-22-13-15-36-25(17-22)11-10-23(32(38)39)19-30(35)31-20-24(33(40)41)14-16-37-31/h3-6,9-10,12-20H,11,35H2,1-2H3,(H,38,39)(H,40,41)/b23-10+,30-19-. The normalized spacial score (nSPS) is 13.5. The van der Waals surface area contributed by atoms with Crippen molar-refractivity contribution < 1.29 is 19.8 Å². The minimum atomic E-state index is -1.18. The number of pyridine rings is 2. The van der Waals surface area contributed by atoms with Crippen LogP contribution in [0.15, 0.2) is 96.8 Å². The van der Waals surface area contributed by atoms with Crippen molar-refractivity contribution in [3.63, 3.8) is 0 Å². The van der Waals surface area contributed by atoms with Crippen LogP contribution in [-0.2, 0) is 16.6 Å². The third-order valence-corrected chi connectivity index (χ3v) is 7.14. The Balaban J connectivity index is 1.36. The molecule has 0 atom stereocenters. The van der Waals surface area contributed by atoms with Gasteiger partial charge in [0, 0.05) is 41.1 Å². The van der Waals surface area contributed by atoms with Crippen molar-refractivity contribution in [3.8, 4) is 23.0 Å². The molecule has 0 amide bonds. The number of fused-ring (bicyclic) bond motifs is 3. The van der Waals surface area contributed by atoms with E-state index in [0.29, 0.717) is 5.69 Å². The van der Waals surface area contributed by atoms with E-state index in [4.69, 9.17) is 5.73 Å². The van der Waals surface area contributed by atoms with Crippen molar-refractivity contribution in [1.82, 2.24) is 9.97 Å². The molecule has 0 fully saturated rings. The monoisotopic (exact) mass is 541 g/mol. The zero-order valence-electron chi connectivity index (χ0n) is 22.6. The van der Waals surface area contributed by atoms with Gasteiger partial charge >= 0.3 is 11.9 Å². The highest BCUT2D eigenvalue weighted by atomic mass is 16.4. The average Bonchev–Trinajstić information content (AvgIpc) is 3.20. The van der Waals surface area contributed by atoms with Crippen LogP contribution in [-0.4, -0.2) is 32.1 Å². The average molecular weight is 542 g/mol. The molecule has 202 valence electrons. The van der Waals surface area contributed by atoms with Gasteiger partial charge in [0.15, 0.2) is 0 Å². The molecule has 4 N–H and O–H groups in total. The Bertz CT molecular complexity index is 1820. The lowest BCUT2D eigenvalue weighted by Crippen LogP contribution is -2.14.